The number of thiophene rings is 1. The van der Waals surface area contributed by atoms with E-state index in [1.54, 1.807) is 14.1 Å². The van der Waals surface area contributed by atoms with Crippen molar-refractivity contribution < 1.29 is 19.3 Å². The molecule has 1 unspecified atom stereocenters. The second-order valence-corrected chi connectivity index (χ2v) is 8.86. The maximum absolute atomic E-state index is 13.2. The van der Waals surface area contributed by atoms with E-state index in [1.165, 1.54) is 21.1 Å². The van der Waals surface area contributed by atoms with Crippen LogP contribution in [0.15, 0.2) is 30.3 Å². The Morgan fingerprint density at radius 1 is 1.07 bits per heavy atom. The molecule has 0 saturated heterocycles. The van der Waals surface area contributed by atoms with Gasteiger partial charge in [0.1, 0.15) is 5.00 Å². The lowest BCUT2D eigenvalue weighted by Gasteiger charge is -2.16. The first-order chi connectivity index (χ1) is 13.9. The van der Waals surface area contributed by atoms with Crippen LogP contribution in [-0.2, 0) is 22.4 Å². The van der Waals surface area contributed by atoms with Crippen molar-refractivity contribution in [2.75, 3.05) is 39.5 Å². The zero-order valence-corrected chi connectivity index (χ0v) is 18.0. The Balaban J connectivity index is 1.80. The van der Waals surface area contributed by atoms with Gasteiger partial charge in [-0.3, -0.25) is 14.4 Å². The Bertz CT molecular complexity index is 906. The van der Waals surface area contributed by atoms with Crippen molar-refractivity contribution in [3.05, 3.63) is 51.9 Å². The van der Waals surface area contributed by atoms with Crippen LogP contribution in [0.5, 0.6) is 0 Å². The van der Waals surface area contributed by atoms with E-state index in [4.69, 9.17) is 0 Å². The predicted octanol–water partition coefficient (Wildman–Crippen LogP) is 1.40. The van der Waals surface area contributed by atoms with Crippen molar-refractivity contribution in [1.29, 1.82) is 0 Å². The van der Waals surface area contributed by atoms with E-state index >= 15 is 0 Å². The van der Waals surface area contributed by atoms with Crippen LogP contribution >= 0.6 is 11.3 Å². The number of likely N-dealkylation sites (N-methyl/N-ethyl adjacent to an activating group) is 2. The highest BCUT2D eigenvalue weighted by molar-refractivity contribution is 7.17. The van der Waals surface area contributed by atoms with Crippen molar-refractivity contribution in [2.24, 2.45) is 0 Å². The van der Waals surface area contributed by atoms with Crippen molar-refractivity contribution in [2.45, 2.75) is 25.7 Å². The highest BCUT2D eigenvalue weighted by atomic mass is 32.1. The van der Waals surface area contributed by atoms with Gasteiger partial charge < -0.3 is 15.1 Å². The number of nitrogens with one attached hydrogen (secondary N) is 2. The van der Waals surface area contributed by atoms with Crippen LogP contribution < -0.4 is 10.2 Å². The Kier molecular flexibility index (Phi) is 6.82. The summed E-state index contributed by atoms with van der Waals surface area (Å²) in [5.74, 6) is -0.250. The molecule has 3 rings (SSSR count). The summed E-state index contributed by atoms with van der Waals surface area (Å²) in [4.78, 5) is 41.2. The lowest BCUT2D eigenvalue weighted by molar-refractivity contribution is -0.862. The monoisotopic (exact) mass is 414 g/mol. The Morgan fingerprint density at radius 3 is 2.45 bits per heavy atom. The van der Waals surface area contributed by atoms with E-state index in [1.807, 2.05) is 37.4 Å². The Morgan fingerprint density at radius 2 is 1.76 bits per heavy atom. The standard InChI is InChI=1S/C22H27N3O3S/c1-24(2)19(27)14-25(3)13-18(26)23-22-20(16-11-7-8-12-17(16)29-22)21(28)15-9-5-4-6-10-15/h4-6,9-10H,7-8,11-14H2,1-3H3,(H,23,26)/p+1. The molecular weight excluding hydrogens is 386 g/mol. The fraction of sp³-hybridized carbons (Fsp3) is 0.409. The van der Waals surface area contributed by atoms with Crippen LogP contribution in [0.2, 0.25) is 0 Å². The molecule has 154 valence electrons. The number of carbonyl (C=O) groups is 3. The molecule has 0 fully saturated rings. The zero-order chi connectivity index (χ0) is 21.0. The second kappa shape index (κ2) is 9.33. The van der Waals surface area contributed by atoms with Crippen LogP contribution in [0.1, 0.15) is 39.2 Å². The van der Waals surface area contributed by atoms with Gasteiger partial charge in [0, 0.05) is 24.5 Å². The van der Waals surface area contributed by atoms with Crippen LogP contribution in [0.4, 0.5) is 5.00 Å². The molecule has 0 bridgehead atoms. The number of aryl methyl sites for hydroxylation is 1. The molecule has 6 nitrogen and oxygen atoms in total. The van der Waals surface area contributed by atoms with Crippen molar-refractivity contribution in [1.82, 2.24) is 4.90 Å². The SMILES string of the molecule is CN(C)C(=O)C[NH+](C)CC(=O)Nc1sc2c(c1C(=O)c1ccccc1)CCCC2. The second-order valence-electron chi connectivity index (χ2n) is 7.76. The molecule has 1 heterocycles. The molecule has 1 aromatic heterocycles. The van der Waals surface area contributed by atoms with Crippen molar-refractivity contribution in [3.63, 3.8) is 0 Å². The van der Waals surface area contributed by atoms with Gasteiger partial charge in [-0.2, -0.15) is 0 Å². The minimum Gasteiger partial charge on any atom is -0.344 e. The molecule has 0 aliphatic heterocycles. The van der Waals surface area contributed by atoms with Crippen LogP contribution in [0.3, 0.4) is 0 Å². The Labute approximate surface area is 175 Å². The van der Waals surface area contributed by atoms with Gasteiger partial charge in [0.25, 0.3) is 11.8 Å². The maximum atomic E-state index is 13.2. The van der Waals surface area contributed by atoms with Gasteiger partial charge in [-0.05, 0) is 31.2 Å². The third-order valence-electron chi connectivity index (χ3n) is 5.10. The average molecular weight is 415 g/mol. The van der Waals surface area contributed by atoms with Gasteiger partial charge in [-0.1, -0.05) is 30.3 Å². The molecule has 2 N–H and O–H groups in total. The van der Waals surface area contributed by atoms with Gasteiger partial charge in [-0.15, -0.1) is 11.3 Å². The van der Waals surface area contributed by atoms with Crippen molar-refractivity contribution >= 4 is 33.9 Å². The summed E-state index contributed by atoms with van der Waals surface area (Å²) < 4.78 is 0. The first-order valence-electron chi connectivity index (χ1n) is 9.92. The number of hydrogen-bond acceptors (Lipinski definition) is 4. The summed E-state index contributed by atoms with van der Waals surface area (Å²) in [6.45, 7) is 0.415. The Hall–Kier alpha value is -2.51. The minimum absolute atomic E-state index is 0.0261. The van der Waals surface area contributed by atoms with Crippen LogP contribution in [0, 0.1) is 0 Å². The van der Waals surface area contributed by atoms with Gasteiger partial charge in [-0.25, -0.2) is 0 Å². The lowest BCUT2D eigenvalue weighted by Crippen LogP contribution is -3.11. The van der Waals surface area contributed by atoms with Gasteiger partial charge in [0.15, 0.2) is 18.9 Å². The zero-order valence-electron chi connectivity index (χ0n) is 17.2. The van der Waals surface area contributed by atoms with E-state index in [0.717, 1.165) is 36.1 Å². The number of rotatable bonds is 7. The molecule has 2 amide bonds. The number of anilines is 1. The highest BCUT2D eigenvalue weighted by Gasteiger charge is 2.27. The number of nitrogens with zero attached hydrogens (tertiary/aromatic N) is 1. The molecule has 0 radical (unpaired) electrons. The number of carbonyl (C=O) groups excluding carboxylic acids is 3. The largest absolute Gasteiger partial charge is 0.344 e. The molecule has 7 heteroatoms. The smallest absolute Gasteiger partial charge is 0.280 e. The van der Waals surface area contributed by atoms with Gasteiger partial charge >= 0.3 is 0 Å². The van der Waals surface area contributed by atoms with E-state index in [9.17, 15) is 14.4 Å². The molecule has 2 aromatic rings. The molecule has 1 aromatic carbocycles. The topological polar surface area (TPSA) is 70.9 Å². The third kappa shape index (κ3) is 5.10. The summed E-state index contributed by atoms with van der Waals surface area (Å²) >= 11 is 1.52. The van der Waals surface area contributed by atoms with Gasteiger partial charge in [0.05, 0.1) is 12.6 Å². The molecule has 1 atom stereocenters. The molecule has 0 saturated carbocycles. The van der Waals surface area contributed by atoms with E-state index in [0.29, 0.717) is 16.1 Å². The fourth-order valence-corrected chi connectivity index (χ4v) is 4.85. The summed E-state index contributed by atoms with van der Waals surface area (Å²) in [7, 11) is 5.22. The molecule has 29 heavy (non-hydrogen) atoms. The number of hydrogen-bond donors (Lipinski definition) is 2. The first kappa shape index (κ1) is 21.2. The van der Waals surface area contributed by atoms with Crippen molar-refractivity contribution in [3.8, 4) is 0 Å². The maximum Gasteiger partial charge on any atom is 0.280 e. The number of benzene rings is 1. The van der Waals surface area contributed by atoms with Crippen LogP contribution in [-0.4, -0.2) is 56.7 Å². The predicted molar refractivity (Wildman–Crippen MR) is 115 cm³/mol. The average Bonchev–Trinajstić information content (AvgIpc) is 3.05. The van der Waals surface area contributed by atoms with E-state index in [2.05, 4.69) is 5.32 Å². The summed E-state index contributed by atoms with van der Waals surface area (Å²) in [6, 6.07) is 9.21. The number of fused-ring (bicyclic) bond motifs is 1. The highest BCUT2D eigenvalue weighted by Crippen LogP contribution is 2.39. The summed E-state index contributed by atoms with van der Waals surface area (Å²) in [6.07, 6.45) is 4.00. The summed E-state index contributed by atoms with van der Waals surface area (Å²) in [5, 5.41) is 3.61. The fourth-order valence-electron chi connectivity index (χ4n) is 3.55. The normalized spacial score (nSPS) is 14.0. The number of ketones is 1. The molecule has 0 spiro atoms. The molecular formula is C22H28N3O3S+. The number of amides is 2. The third-order valence-corrected chi connectivity index (χ3v) is 6.31. The lowest BCUT2D eigenvalue weighted by atomic mass is 9.92. The molecule has 1 aliphatic rings. The van der Waals surface area contributed by atoms with Gasteiger partial charge in [0.2, 0.25) is 0 Å². The minimum atomic E-state index is -0.185. The first-order valence-corrected chi connectivity index (χ1v) is 10.7. The quantitative estimate of drug-likeness (QED) is 0.673. The molecule has 1 aliphatic carbocycles. The van der Waals surface area contributed by atoms with Crippen LogP contribution in [0.25, 0.3) is 0 Å². The van der Waals surface area contributed by atoms with E-state index in [-0.39, 0.29) is 30.7 Å². The van der Waals surface area contributed by atoms with E-state index < -0.39 is 0 Å². The number of quaternary nitrogens is 1. The summed E-state index contributed by atoms with van der Waals surface area (Å²) in [5.41, 5.74) is 2.37.